The van der Waals surface area contributed by atoms with Crippen molar-refractivity contribution in [2.45, 2.75) is 26.2 Å². The van der Waals surface area contributed by atoms with E-state index in [-0.39, 0.29) is 0 Å². The van der Waals surface area contributed by atoms with Gasteiger partial charge < -0.3 is 4.89 Å². The van der Waals surface area contributed by atoms with Crippen LogP contribution in [-0.2, 0) is 18.0 Å². The summed E-state index contributed by atoms with van der Waals surface area (Å²) in [6.07, 6.45) is 7.73. The number of aromatic nitrogens is 2. The highest BCUT2D eigenvalue weighted by molar-refractivity contribution is 7.44. The molecule has 0 saturated heterocycles. The van der Waals surface area contributed by atoms with Crippen LogP contribution in [0.5, 0.6) is 0 Å². The number of aryl methyl sites for hydroxylation is 2. The van der Waals surface area contributed by atoms with Crippen LogP contribution in [-0.4, -0.2) is 4.98 Å². The molecule has 0 unspecified atom stereocenters. The summed E-state index contributed by atoms with van der Waals surface area (Å²) in [6, 6.07) is 0. The van der Waals surface area contributed by atoms with Crippen LogP contribution in [0, 0.1) is 0 Å². The Bertz CT molecular complexity index is 316. The summed E-state index contributed by atoms with van der Waals surface area (Å²) in [7, 11) is -3.82. The molecule has 4 nitrogen and oxygen atoms in total. The predicted molar refractivity (Wildman–Crippen MR) is 50.4 cm³/mol. The minimum absolute atomic E-state index is 1.17. The number of hydrogen-bond donors (Lipinski definition) is 1. The van der Waals surface area contributed by atoms with E-state index in [1.807, 2.05) is 12.4 Å². The predicted octanol–water partition coefficient (Wildman–Crippen LogP) is 1.58. The number of H-pyrrole nitrogens is 1. The summed E-state index contributed by atoms with van der Waals surface area (Å²) in [5.41, 5.74) is 0. The molecule has 1 heterocycles. The van der Waals surface area contributed by atoms with Crippen LogP contribution in [0.3, 0.4) is 0 Å². The number of imidazole rings is 1. The van der Waals surface area contributed by atoms with Crippen molar-refractivity contribution in [3.8, 4) is 0 Å². The minimum Gasteiger partial charge on any atom is -0.749 e. The Morgan fingerprint density at radius 1 is 1.60 bits per heavy atom. The number of nitrogens with zero attached hydrogens (tertiary/aromatic N) is 1. The van der Waals surface area contributed by atoms with Crippen molar-refractivity contribution in [1.29, 1.82) is 0 Å². The number of rotatable bonds is 3. The molecule has 0 aliphatic rings. The second-order valence-electron chi connectivity index (χ2n) is 3.04. The highest BCUT2D eigenvalue weighted by atomic mass is 31.2. The first-order valence-electron chi connectivity index (χ1n) is 4.56. The maximum absolute atomic E-state index is 10.0. The van der Waals surface area contributed by atoms with Gasteiger partial charge in [0, 0.05) is 6.42 Å². The van der Waals surface area contributed by atoms with Gasteiger partial charge in [-0.3, -0.25) is 4.57 Å². The lowest BCUT2D eigenvalue weighted by atomic mass is 10.2. The van der Waals surface area contributed by atoms with Gasteiger partial charge in [0.1, 0.15) is 12.4 Å². The van der Waals surface area contributed by atoms with Crippen LogP contribution >= 0.6 is 7.99 Å². The van der Waals surface area contributed by atoms with E-state index >= 15 is 0 Å². The van der Waals surface area contributed by atoms with Gasteiger partial charge in [-0.25, -0.2) is 9.55 Å². The molecule has 0 radical (unpaired) electrons. The molecule has 0 fully saturated rings. The van der Waals surface area contributed by atoms with Crippen LogP contribution in [0.15, 0.2) is 12.4 Å². The quantitative estimate of drug-likeness (QED) is 0.644. The Hall–Kier alpha value is -0.740. The van der Waals surface area contributed by atoms with Gasteiger partial charge >= 0.3 is 7.99 Å². The minimum atomic E-state index is -5.89. The molecule has 1 rings (SSSR count). The zero-order chi connectivity index (χ0) is 11.9. The summed E-state index contributed by atoms with van der Waals surface area (Å²) in [4.78, 5) is 11.5. The molecule has 1 aromatic heterocycles. The topological polar surface area (TPSA) is 59.8 Å². The standard InChI is InChI=1S/C8H14N2.F2HO2P/c1-3-4-5-8-9-6-7-10(8)2;1-5(2,3)4/h6-7H,3-5H2,1-2H3;(H,3,4). The van der Waals surface area contributed by atoms with E-state index in [1.165, 1.54) is 25.1 Å². The third-order valence-electron chi connectivity index (χ3n) is 1.74. The number of aromatic amines is 1. The van der Waals surface area contributed by atoms with Crippen molar-refractivity contribution in [3.63, 3.8) is 0 Å². The molecule has 0 atom stereocenters. The third-order valence-corrected chi connectivity index (χ3v) is 1.74. The molecule has 0 aromatic carbocycles. The Balaban J connectivity index is 0.000000336. The zero-order valence-electron chi connectivity index (χ0n) is 8.74. The van der Waals surface area contributed by atoms with Gasteiger partial charge in [0.05, 0.1) is 7.05 Å². The molecule has 7 heteroatoms. The SMILES string of the molecule is CCCCc1[nH]cc[n+]1C.O=P([O-])(F)F. The number of hydrogen-bond acceptors (Lipinski definition) is 2. The molecule has 0 bridgehead atoms. The lowest BCUT2D eigenvalue weighted by Crippen LogP contribution is -2.30. The highest BCUT2D eigenvalue weighted by Gasteiger charge is 2.03. The molecule has 88 valence electrons. The summed E-state index contributed by atoms with van der Waals surface area (Å²) >= 11 is 0. The van der Waals surface area contributed by atoms with Gasteiger partial charge in [-0.2, -0.15) is 8.39 Å². The number of unbranched alkanes of at least 4 members (excludes halogenated alkanes) is 1. The zero-order valence-corrected chi connectivity index (χ0v) is 9.64. The van der Waals surface area contributed by atoms with Crippen LogP contribution in [0.2, 0.25) is 0 Å². The largest absolute Gasteiger partial charge is 0.749 e. The van der Waals surface area contributed by atoms with Crippen molar-refractivity contribution in [2.24, 2.45) is 7.05 Å². The van der Waals surface area contributed by atoms with Crippen molar-refractivity contribution in [2.75, 3.05) is 0 Å². The van der Waals surface area contributed by atoms with Gasteiger partial charge in [-0.05, 0) is 6.42 Å². The van der Waals surface area contributed by atoms with Gasteiger partial charge in [0.15, 0.2) is 0 Å². The monoisotopic (exact) mass is 240 g/mol. The molecule has 0 aliphatic carbocycles. The van der Waals surface area contributed by atoms with E-state index < -0.39 is 7.99 Å². The maximum atomic E-state index is 10.0. The van der Waals surface area contributed by atoms with Gasteiger partial charge in [0.2, 0.25) is 0 Å². The van der Waals surface area contributed by atoms with E-state index in [2.05, 4.69) is 23.5 Å². The van der Waals surface area contributed by atoms with Gasteiger partial charge in [-0.1, -0.05) is 13.3 Å². The number of halogens is 2. The fourth-order valence-electron chi connectivity index (χ4n) is 1.03. The highest BCUT2D eigenvalue weighted by Crippen LogP contribution is 2.37. The molecule has 0 aliphatic heterocycles. The van der Waals surface area contributed by atoms with E-state index in [0.717, 1.165) is 0 Å². The second kappa shape index (κ2) is 6.69. The maximum Gasteiger partial charge on any atom is 0.345 e. The average Bonchev–Trinajstić information content (AvgIpc) is 2.45. The lowest BCUT2D eigenvalue weighted by Gasteiger charge is -1.93. The molecule has 15 heavy (non-hydrogen) atoms. The molecule has 1 aromatic rings. The van der Waals surface area contributed by atoms with E-state index in [4.69, 9.17) is 9.46 Å². The Morgan fingerprint density at radius 3 is 2.47 bits per heavy atom. The first-order valence-corrected chi connectivity index (χ1v) is 5.97. The molecule has 0 spiro atoms. The Labute approximate surface area is 87.6 Å². The summed E-state index contributed by atoms with van der Waals surface area (Å²) in [5.74, 6) is 1.32. The summed E-state index contributed by atoms with van der Waals surface area (Å²) in [5, 5.41) is 0. The normalized spacial score (nSPS) is 10.7. The van der Waals surface area contributed by atoms with Crippen molar-refractivity contribution >= 4 is 7.99 Å². The van der Waals surface area contributed by atoms with Crippen molar-refractivity contribution in [1.82, 2.24) is 4.98 Å². The molecular weight excluding hydrogens is 225 g/mol. The van der Waals surface area contributed by atoms with Gasteiger partial charge in [0.25, 0.3) is 5.82 Å². The third kappa shape index (κ3) is 9.56. The fraction of sp³-hybridized carbons (Fsp3) is 0.625. The van der Waals surface area contributed by atoms with Crippen LogP contribution in [0.25, 0.3) is 0 Å². The van der Waals surface area contributed by atoms with Crippen LogP contribution in [0.4, 0.5) is 8.39 Å². The van der Waals surface area contributed by atoms with Gasteiger partial charge in [-0.15, -0.1) is 0 Å². The molecule has 1 N–H and O–H groups in total. The fourth-order valence-corrected chi connectivity index (χ4v) is 1.03. The summed E-state index contributed by atoms with van der Waals surface area (Å²) < 4.78 is 30.5. The first kappa shape index (κ1) is 14.3. The van der Waals surface area contributed by atoms with E-state index in [0.29, 0.717) is 0 Å². The van der Waals surface area contributed by atoms with Crippen LogP contribution < -0.4 is 9.46 Å². The molecule has 0 saturated carbocycles. The molecule has 0 amide bonds. The van der Waals surface area contributed by atoms with Crippen molar-refractivity contribution in [3.05, 3.63) is 18.2 Å². The second-order valence-corrected chi connectivity index (χ2v) is 3.86. The Kier molecular flexibility index (Phi) is 6.36. The Morgan fingerprint density at radius 2 is 2.13 bits per heavy atom. The van der Waals surface area contributed by atoms with Crippen molar-refractivity contribution < 1.29 is 22.4 Å². The lowest BCUT2D eigenvalue weighted by molar-refractivity contribution is -0.677. The summed E-state index contributed by atoms with van der Waals surface area (Å²) in [6.45, 7) is 2.21. The number of nitrogens with one attached hydrogen (secondary N) is 1. The average molecular weight is 240 g/mol. The molecular formula is C8H15F2N2O2P. The van der Waals surface area contributed by atoms with E-state index in [9.17, 15) is 8.39 Å². The smallest absolute Gasteiger partial charge is 0.345 e. The van der Waals surface area contributed by atoms with Crippen LogP contribution in [0.1, 0.15) is 25.6 Å². The van der Waals surface area contributed by atoms with E-state index in [1.54, 1.807) is 0 Å². The first-order chi connectivity index (χ1) is 6.84.